The molecular formula is C17H12BrN5O3S2. The number of rotatable bonds is 4. The molecule has 4 rings (SSSR count). The van der Waals surface area contributed by atoms with Crippen molar-refractivity contribution < 1.29 is 4.79 Å². The molecule has 3 aromatic heterocycles. The number of hydrogen-bond donors (Lipinski definition) is 2. The van der Waals surface area contributed by atoms with Crippen molar-refractivity contribution in [2.45, 2.75) is 6.42 Å². The molecule has 0 saturated heterocycles. The molecule has 0 spiro atoms. The Bertz CT molecular complexity index is 1300. The number of carbonyl (C=O) groups excluding carboxylic acids is 1. The lowest BCUT2D eigenvalue weighted by molar-refractivity contribution is -0.115. The van der Waals surface area contributed by atoms with Gasteiger partial charge in [-0.3, -0.25) is 19.1 Å². The fourth-order valence-electron chi connectivity index (χ4n) is 2.61. The smallest absolute Gasteiger partial charge is 0.300 e. The zero-order chi connectivity index (χ0) is 19.8. The number of anilines is 1. The summed E-state index contributed by atoms with van der Waals surface area (Å²) in [6, 6.07) is 7.62. The lowest BCUT2D eigenvalue weighted by atomic mass is 10.2. The van der Waals surface area contributed by atoms with Gasteiger partial charge in [-0.25, -0.2) is 4.79 Å². The van der Waals surface area contributed by atoms with Crippen LogP contribution in [0.1, 0.15) is 5.56 Å². The van der Waals surface area contributed by atoms with E-state index in [9.17, 15) is 14.4 Å². The minimum Gasteiger partial charge on any atom is -0.300 e. The Morgan fingerprint density at radius 1 is 1.25 bits per heavy atom. The number of benzene rings is 1. The van der Waals surface area contributed by atoms with Crippen LogP contribution in [0.2, 0.25) is 0 Å². The maximum absolute atomic E-state index is 12.4. The summed E-state index contributed by atoms with van der Waals surface area (Å²) in [6.07, 6.45) is -0.00548. The highest BCUT2D eigenvalue weighted by Crippen LogP contribution is 2.28. The van der Waals surface area contributed by atoms with Crippen LogP contribution >= 0.6 is 38.6 Å². The largest absolute Gasteiger partial charge is 0.329 e. The molecule has 3 heterocycles. The molecule has 28 heavy (non-hydrogen) atoms. The minimum absolute atomic E-state index is 0.00548. The summed E-state index contributed by atoms with van der Waals surface area (Å²) in [4.78, 5) is 39.6. The highest BCUT2D eigenvalue weighted by molar-refractivity contribution is 9.10. The number of aromatic amines is 1. The molecular weight excluding hydrogens is 466 g/mol. The molecule has 4 aromatic rings. The third kappa shape index (κ3) is 3.55. The summed E-state index contributed by atoms with van der Waals surface area (Å²) in [6.45, 7) is 0. The van der Waals surface area contributed by atoms with E-state index in [1.165, 1.54) is 29.7 Å². The third-order valence-electron chi connectivity index (χ3n) is 4.02. The predicted molar refractivity (Wildman–Crippen MR) is 113 cm³/mol. The SMILES string of the molecule is Cn1c(=O)[nH]c2scc(CC(=O)Nc3nnc(-c4ccc(Br)cc4)s3)c2c1=O. The van der Waals surface area contributed by atoms with Gasteiger partial charge in [-0.05, 0) is 23.1 Å². The molecule has 1 aromatic carbocycles. The molecule has 0 radical (unpaired) electrons. The van der Waals surface area contributed by atoms with Crippen LogP contribution in [-0.4, -0.2) is 25.7 Å². The van der Waals surface area contributed by atoms with E-state index in [1.807, 2.05) is 24.3 Å². The van der Waals surface area contributed by atoms with Gasteiger partial charge in [-0.1, -0.05) is 39.4 Å². The zero-order valence-electron chi connectivity index (χ0n) is 14.4. The molecule has 0 bridgehead atoms. The average molecular weight is 478 g/mol. The standard InChI is InChI=1S/C17H12BrN5O3S2/c1-23-15(25)12-9(7-27-14(12)20-17(23)26)6-11(24)19-16-22-21-13(28-16)8-2-4-10(18)5-3-8/h2-5,7H,6H2,1H3,(H,20,26)(H,19,22,24). The van der Waals surface area contributed by atoms with E-state index in [-0.39, 0.29) is 12.3 Å². The normalized spacial score (nSPS) is 11.1. The number of H-pyrrole nitrogens is 1. The van der Waals surface area contributed by atoms with Crippen molar-refractivity contribution in [3.8, 4) is 10.6 Å². The summed E-state index contributed by atoms with van der Waals surface area (Å²) in [7, 11) is 1.40. The van der Waals surface area contributed by atoms with Crippen LogP contribution in [0.3, 0.4) is 0 Å². The lowest BCUT2D eigenvalue weighted by Crippen LogP contribution is -2.32. The van der Waals surface area contributed by atoms with Crippen molar-refractivity contribution in [3.63, 3.8) is 0 Å². The van der Waals surface area contributed by atoms with Gasteiger partial charge in [0.05, 0.1) is 11.8 Å². The molecule has 2 N–H and O–H groups in total. The van der Waals surface area contributed by atoms with Gasteiger partial charge >= 0.3 is 5.69 Å². The van der Waals surface area contributed by atoms with Crippen molar-refractivity contribution in [1.82, 2.24) is 19.7 Å². The van der Waals surface area contributed by atoms with Crippen LogP contribution < -0.4 is 16.6 Å². The molecule has 8 nitrogen and oxygen atoms in total. The Labute approximate surface area is 174 Å². The highest BCUT2D eigenvalue weighted by Gasteiger charge is 2.16. The van der Waals surface area contributed by atoms with Gasteiger partial charge in [0.2, 0.25) is 11.0 Å². The molecule has 0 fully saturated rings. The average Bonchev–Trinajstić information content (AvgIpc) is 3.28. The quantitative estimate of drug-likeness (QED) is 0.469. The van der Waals surface area contributed by atoms with Crippen LogP contribution in [0.15, 0.2) is 43.7 Å². The molecule has 11 heteroatoms. The number of thiophene rings is 1. The van der Waals surface area contributed by atoms with Crippen LogP contribution in [0.25, 0.3) is 20.8 Å². The molecule has 1 amide bonds. The van der Waals surface area contributed by atoms with Crippen LogP contribution in [0, 0.1) is 0 Å². The first-order valence-corrected chi connectivity index (χ1v) is 10.5. The lowest BCUT2D eigenvalue weighted by Gasteiger charge is -2.01. The van der Waals surface area contributed by atoms with Crippen LogP contribution in [0.4, 0.5) is 5.13 Å². The maximum atomic E-state index is 12.4. The van der Waals surface area contributed by atoms with E-state index in [2.05, 4.69) is 36.4 Å². The van der Waals surface area contributed by atoms with Gasteiger partial charge in [0.15, 0.2) is 0 Å². The van der Waals surface area contributed by atoms with Crippen molar-refractivity contribution in [2.75, 3.05) is 5.32 Å². The fourth-order valence-corrected chi connectivity index (χ4v) is 4.58. The summed E-state index contributed by atoms with van der Waals surface area (Å²) >= 11 is 5.87. The van der Waals surface area contributed by atoms with E-state index in [1.54, 1.807) is 5.38 Å². The Morgan fingerprint density at radius 3 is 2.75 bits per heavy atom. The van der Waals surface area contributed by atoms with Gasteiger partial charge in [-0.2, -0.15) is 0 Å². The van der Waals surface area contributed by atoms with E-state index < -0.39 is 11.2 Å². The molecule has 0 aliphatic heterocycles. The topological polar surface area (TPSA) is 110 Å². The Morgan fingerprint density at radius 2 is 2.00 bits per heavy atom. The van der Waals surface area contributed by atoms with E-state index in [0.29, 0.717) is 25.9 Å². The maximum Gasteiger partial charge on any atom is 0.329 e. The summed E-state index contributed by atoms with van der Waals surface area (Å²) in [5.41, 5.74) is 0.561. The number of amides is 1. The van der Waals surface area contributed by atoms with Gasteiger partial charge < -0.3 is 5.32 Å². The minimum atomic E-state index is -0.482. The monoisotopic (exact) mass is 477 g/mol. The van der Waals surface area contributed by atoms with Crippen LogP contribution in [0.5, 0.6) is 0 Å². The summed E-state index contributed by atoms with van der Waals surface area (Å²) in [5.74, 6) is -0.313. The first kappa shape index (κ1) is 18.7. The number of carbonyl (C=O) groups is 1. The van der Waals surface area contributed by atoms with Crippen molar-refractivity contribution in [2.24, 2.45) is 7.05 Å². The number of halogens is 1. The molecule has 0 aliphatic rings. The van der Waals surface area contributed by atoms with Crippen molar-refractivity contribution in [1.29, 1.82) is 0 Å². The van der Waals surface area contributed by atoms with Gasteiger partial charge in [0.25, 0.3) is 5.56 Å². The van der Waals surface area contributed by atoms with E-state index in [4.69, 9.17) is 0 Å². The summed E-state index contributed by atoms with van der Waals surface area (Å²) in [5, 5.41) is 13.9. The van der Waals surface area contributed by atoms with Crippen LogP contribution in [-0.2, 0) is 18.3 Å². The Hall–Kier alpha value is -2.63. The third-order valence-corrected chi connectivity index (χ3v) is 6.39. The first-order chi connectivity index (χ1) is 13.4. The van der Waals surface area contributed by atoms with E-state index >= 15 is 0 Å². The summed E-state index contributed by atoms with van der Waals surface area (Å²) < 4.78 is 1.95. The number of fused-ring (bicyclic) bond motifs is 1. The molecule has 0 atom stereocenters. The number of aromatic nitrogens is 4. The van der Waals surface area contributed by atoms with Crippen molar-refractivity contribution in [3.05, 3.63) is 60.5 Å². The first-order valence-electron chi connectivity index (χ1n) is 8.01. The second-order valence-electron chi connectivity index (χ2n) is 5.90. The van der Waals surface area contributed by atoms with Crippen molar-refractivity contribution >= 4 is 59.9 Å². The predicted octanol–water partition coefficient (Wildman–Crippen LogP) is 2.75. The number of hydrogen-bond acceptors (Lipinski definition) is 7. The number of nitrogens with zero attached hydrogens (tertiary/aromatic N) is 3. The molecule has 0 saturated carbocycles. The van der Waals surface area contributed by atoms with E-state index in [0.717, 1.165) is 14.6 Å². The van der Waals surface area contributed by atoms with Gasteiger partial charge in [-0.15, -0.1) is 21.5 Å². The zero-order valence-corrected chi connectivity index (χ0v) is 17.6. The van der Waals surface area contributed by atoms with Gasteiger partial charge in [0, 0.05) is 17.1 Å². The van der Waals surface area contributed by atoms with Gasteiger partial charge in [0.1, 0.15) is 9.84 Å². The molecule has 0 aliphatic carbocycles. The second kappa shape index (κ2) is 7.41. The number of nitrogens with one attached hydrogen (secondary N) is 2. The Balaban J connectivity index is 1.53. The molecule has 0 unspecified atom stereocenters. The molecule has 142 valence electrons. The second-order valence-corrected chi connectivity index (χ2v) is 8.68. The fraction of sp³-hybridized carbons (Fsp3) is 0.118. The highest BCUT2D eigenvalue weighted by atomic mass is 79.9. The Kier molecular flexibility index (Phi) is 4.96.